The highest BCUT2D eigenvalue weighted by Gasteiger charge is 2.48. The maximum atomic E-state index is 14.3. The van der Waals surface area contributed by atoms with E-state index in [4.69, 9.17) is 14.7 Å². The van der Waals surface area contributed by atoms with Gasteiger partial charge in [-0.1, -0.05) is 25.6 Å². The third-order valence-corrected chi connectivity index (χ3v) is 9.90. The van der Waals surface area contributed by atoms with Crippen molar-refractivity contribution in [2.45, 2.75) is 63.7 Å². The average molecular weight is 662 g/mol. The summed E-state index contributed by atoms with van der Waals surface area (Å²) in [5.74, 6) is 0.948. The Bertz CT molecular complexity index is 1740. The van der Waals surface area contributed by atoms with E-state index in [2.05, 4.69) is 36.5 Å². The van der Waals surface area contributed by atoms with Gasteiger partial charge in [-0.3, -0.25) is 14.7 Å². The first-order valence-corrected chi connectivity index (χ1v) is 16.3. The van der Waals surface area contributed by atoms with Crippen LogP contribution in [0.15, 0.2) is 50.2 Å². The molecular weight excluding hydrogens is 619 g/mol. The van der Waals surface area contributed by atoms with E-state index in [1.807, 2.05) is 11.9 Å². The fraction of sp³-hybridized carbons (Fsp3) is 0.472. The van der Waals surface area contributed by atoms with Gasteiger partial charge in [0.2, 0.25) is 5.91 Å². The van der Waals surface area contributed by atoms with Crippen molar-refractivity contribution in [2.24, 2.45) is 5.92 Å². The number of likely N-dealkylation sites (tertiary alicyclic amines) is 1. The lowest BCUT2D eigenvalue weighted by molar-refractivity contribution is -0.137. The Hall–Kier alpha value is -4.50. The van der Waals surface area contributed by atoms with Crippen LogP contribution in [0.1, 0.15) is 55.7 Å². The summed E-state index contributed by atoms with van der Waals surface area (Å²) in [5, 5.41) is 10.1. The molecule has 3 aliphatic heterocycles. The van der Waals surface area contributed by atoms with Crippen LogP contribution in [0.5, 0.6) is 6.01 Å². The summed E-state index contributed by atoms with van der Waals surface area (Å²) < 4.78 is 49.3. The monoisotopic (exact) mass is 661 g/mol. The lowest BCUT2D eigenvalue weighted by Gasteiger charge is -2.38. The molecule has 0 aliphatic carbocycles. The molecule has 48 heavy (non-hydrogen) atoms. The van der Waals surface area contributed by atoms with Crippen molar-refractivity contribution in [2.75, 3.05) is 44.7 Å². The van der Waals surface area contributed by atoms with Gasteiger partial charge in [0.15, 0.2) is 0 Å². The molecule has 0 saturated carbocycles. The number of likely N-dealkylation sites (N-methyl/N-ethyl adjacent to an activating group) is 1. The van der Waals surface area contributed by atoms with Crippen LogP contribution in [0.3, 0.4) is 0 Å². The molecule has 2 aromatic heterocycles. The number of halogens is 3. The number of amides is 1. The molecule has 0 N–H and O–H groups in total. The molecule has 0 radical (unpaired) electrons. The van der Waals surface area contributed by atoms with Gasteiger partial charge >= 0.3 is 12.2 Å². The Balaban J connectivity index is 0.00000221. The standard InChI is InChI=1S/C34H38F3N7O2.C2H4/c1-5-27(45)43-13-7-10-24(19-43)42(4)31-26-17-39-29(25-11-6-9-23(16-38)28(25)34(35,36)37)22(3)30(26)40-32(41-31)46-20-33-12-8-14-44(33)18-21(2)15-33;1-2/h5-6,9,11,17,21,24H,1,7-8,10,12-15,18-20H2,2-4H3;1-2H2/t21?,24?,33-;/m0./s1. The fourth-order valence-corrected chi connectivity index (χ4v) is 7.73. The summed E-state index contributed by atoms with van der Waals surface area (Å²) in [6.45, 7) is 17.1. The van der Waals surface area contributed by atoms with Gasteiger partial charge in [0.1, 0.15) is 12.4 Å². The van der Waals surface area contributed by atoms with E-state index >= 15 is 0 Å². The first-order valence-electron chi connectivity index (χ1n) is 16.3. The average Bonchev–Trinajstić information content (AvgIpc) is 3.62. The number of piperidine rings is 1. The van der Waals surface area contributed by atoms with Crippen molar-refractivity contribution in [3.05, 3.63) is 66.9 Å². The highest BCUT2D eigenvalue weighted by atomic mass is 19.4. The number of anilines is 1. The SMILES string of the molecule is C=C.C=CC(=O)N1CCCC(N(C)c2nc(OC[C@@]34CCCN3CC(C)C4)nc3c(C)c(-c4cccc(C#N)c4C(F)(F)F)ncc23)C1. The first-order chi connectivity index (χ1) is 23.0. The van der Waals surface area contributed by atoms with Crippen molar-refractivity contribution in [1.82, 2.24) is 24.8 Å². The Labute approximate surface area is 279 Å². The summed E-state index contributed by atoms with van der Waals surface area (Å²) in [5.41, 5.74) is -0.851. The predicted molar refractivity (Wildman–Crippen MR) is 179 cm³/mol. The number of aromatic nitrogens is 3. The highest BCUT2D eigenvalue weighted by molar-refractivity contribution is 5.94. The molecule has 9 nitrogen and oxygen atoms in total. The van der Waals surface area contributed by atoms with E-state index in [9.17, 15) is 23.2 Å². The van der Waals surface area contributed by atoms with E-state index in [-0.39, 0.29) is 34.8 Å². The Kier molecular flexibility index (Phi) is 10.1. The third-order valence-electron chi connectivity index (χ3n) is 9.90. The zero-order valence-electron chi connectivity index (χ0n) is 27.8. The number of nitriles is 1. The molecule has 3 aliphatic rings. The van der Waals surface area contributed by atoms with Gasteiger partial charge in [0, 0.05) is 50.0 Å². The van der Waals surface area contributed by atoms with Gasteiger partial charge in [-0.05, 0) is 63.6 Å². The molecule has 2 unspecified atom stereocenters. The van der Waals surface area contributed by atoms with E-state index in [0.717, 1.165) is 51.3 Å². The number of benzene rings is 1. The molecule has 1 amide bonds. The van der Waals surface area contributed by atoms with Gasteiger partial charge in [0.25, 0.3) is 0 Å². The van der Waals surface area contributed by atoms with Crippen LogP contribution in [0.4, 0.5) is 19.0 Å². The number of hydrogen-bond acceptors (Lipinski definition) is 8. The highest BCUT2D eigenvalue weighted by Crippen LogP contribution is 2.43. The number of carbonyl (C=O) groups excluding carboxylic acids is 1. The van der Waals surface area contributed by atoms with Crippen LogP contribution in [0.25, 0.3) is 22.2 Å². The summed E-state index contributed by atoms with van der Waals surface area (Å²) in [7, 11) is 1.90. The van der Waals surface area contributed by atoms with Crippen molar-refractivity contribution in [1.29, 1.82) is 5.26 Å². The van der Waals surface area contributed by atoms with Crippen LogP contribution in [-0.4, -0.2) is 82.1 Å². The Morgan fingerprint density at radius 3 is 2.71 bits per heavy atom. The maximum Gasteiger partial charge on any atom is 0.418 e. The zero-order chi connectivity index (χ0) is 34.8. The van der Waals surface area contributed by atoms with Crippen LogP contribution in [-0.2, 0) is 11.0 Å². The zero-order valence-corrected chi connectivity index (χ0v) is 27.8. The second-order valence-corrected chi connectivity index (χ2v) is 12.9. The molecule has 3 fully saturated rings. The summed E-state index contributed by atoms with van der Waals surface area (Å²) in [6, 6.07) is 5.67. The van der Waals surface area contributed by atoms with Crippen molar-refractivity contribution in [3.8, 4) is 23.3 Å². The molecule has 5 heterocycles. The number of carbonyl (C=O) groups is 1. The minimum absolute atomic E-state index is 0.0766. The van der Waals surface area contributed by atoms with Crippen LogP contribution in [0.2, 0.25) is 0 Å². The quantitative estimate of drug-likeness (QED) is 0.208. The van der Waals surface area contributed by atoms with E-state index in [0.29, 0.717) is 47.9 Å². The van der Waals surface area contributed by atoms with Crippen LogP contribution >= 0.6 is 0 Å². The van der Waals surface area contributed by atoms with E-state index in [1.54, 1.807) is 17.9 Å². The van der Waals surface area contributed by atoms with Crippen LogP contribution < -0.4 is 9.64 Å². The molecule has 3 atom stereocenters. The molecule has 3 saturated heterocycles. The Morgan fingerprint density at radius 2 is 2.00 bits per heavy atom. The number of fused-ring (bicyclic) bond motifs is 2. The Morgan fingerprint density at radius 1 is 1.23 bits per heavy atom. The molecule has 0 spiro atoms. The lowest BCUT2D eigenvalue weighted by Crippen LogP contribution is -2.48. The van der Waals surface area contributed by atoms with Crippen LogP contribution in [0, 0.1) is 24.2 Å². The van der Waals surface area contributed by atoms with Crippen molar-refractivity contribution in [3.63, 3.8) is 0 Å². The summed E-state index contributed by atoms with van der Waals surface area (Å²) >= 11 is 0. The molecular formula is C36H42F3N7O2. The molecule has 12 heteroatoms. The topological polar surface area (TPSA) is 98.5 Å². The number of ether oxygens (including phenoxy) is 1. The van der Waals surface area contributed by atoms with E-state index in [1.165, 1.54) is 24.4 Å². The maximum absolute atomic E-state index is 14.3. The van der Waals surface area contributed by atoms with Gasteiger partial charge < -0.3 is 14.5 Å². The molecule has 1 aromatic carbocycles. The second-order valence-electron chi connectivity index (χ2n) is 12.9. The summed E-state index contributed by atoms with van der Waals surface area (Å²) in [4.78, 5) is 32.9. The predicted octanol–water partition coefficient (Wildman–Crippen LogP) is 6.56. The normalized spacial score (nSPS) is 22.4. The number of alkyl halides is 3. The summed E-state index contributed by atoms with van der Waals surface area (Å²) in [6.07, 6.45) is 2.80. The van der Waals surface area contributed by atoms with Gasteiger partial charge in [-0.15, -0.1) is 13.2 Å². The molecule has 0 bridgehead atoms. The van der Waals surface area contributed by atoms with Gasteiger partial charge in [-0.25, -0.2) is 0 Å². The largest absolute Gasteiger partial charge is 0.461 e. The second kappa shape index (κ2) is 13.9. The minimum atomic E-state index is -4.77. The van der Waals surface area contributed by atoms with Crippen molar-refractivity contribution >= 4 is 22.6 Å². The molecule has 254 valence electrons. The number of hydrogen-bond donors (Lipinski definition) is 0. The first kappa shape index (κ1) is 34.8. The smallest absolute Gasteiger partial charge is 0.418 e. The molecule has 6 rings (SSSR count). The fourth-order valence-electron chi connectivity index (χ4n) is 7.73. The van der Waals surface area contributed by atoms with Gasteiger partial charge in [-0.2, -0.15) is 28.4 Å². The van der Waals surface area contributed by atoms with Gasteiger partial charge in [0.05, 0.1) is 39.3 Å². The molecule has 3 aromatic rings. The lowest BCUT2D eigenvalue weighted by atomic mass is 9.92. The third kappa shape index (κ3) is 6.48. The van der Waals surface area contributed by atoms with E-state index < -0.39 is 17.3 Å². The number of nitrogens with zero attached hydrogens (tertiary/aromatic N) is 7. The number of rotatable bonds is 7. The number of aryl methyl sites for hydroxylation is 1. The minimum Gasteiger partial charge on any atom is -0.461 e. The van der Waals surface area contributed by atoms with Crippen molar-refractivity contribution < 1.29 is 22.7 Å². The number of pyridine rings is 1.